The quantitative estimate of drug-likeness (QED) is 0.140. The van der Waals surface area contributed by atoms with E-state index in [-0.39, 0.29) is 36.0 Å². The van der Waals surface area contributed by atoms with Gasteiger partial charge < -0.3 is 15.0 Å². The number of carbonyl (C=O) groups is 2. The van der Waals surface area contributed by atoms with Crippen molar-refractivity contribution < 1.29 is 27.7 Å². The van der Waals surface area contributed by atoms with Crippen LogP contribution in [0, 0.1) is 10.1 Å². The number of hydrogen-bond acceptors (Lipinski definition) is 7. The van der Waals surface area contributed by atoms with E-state index in [2.05, 4.69) is 21.2 Å². The number of carbonyl (C=O) groups excluding carboxylic acids is 2. The van der Waals surface area contributed by atoms with E-state index in [1.54, 1.807) is 12.1 Å². The molecule has 0 unspecified atom stereocenters. The molecule has 13 heteroatoms. The van der Waals surface area contributed by atoms with E-state index in [1.807, 2.05) is 49.4 Å². The summed E-state index contributed by atoms with van der Waals surface area (Å²) in [5, 5.41) is 14.4. The molecule has 0 saturated heterocycles. The van der Waals surface area contributed by atoms with Gasteiger partial charge in [0.05, 0.1) is 18.3 Å². The molecule has 0 bridgehead atoms. The van der Waals surface area contributed by atoms with Gasteiger partial charge in [0.15, 0.2) is 0 Å². The minimum absolute atomic E-state index is 0.00842. The van der Waals surface area contributed by atoms with Crippen LogP contribution in [0.15, 0.2) is 77.3 Å². The largest absolute Gasteiger partial charge is 0.495 e. The van der Waals surface area contributed by atoms with Gasteiger partial charge in [0.25, 0.3) is 5.69 Å². The first-order chi connectivity index (χ1) is 20.4. The molecule has 3 rings (SSSR count). The molecular weight excluding hydrogens is 640 g/mol. The zero-order valence-corrected chi connectivity index (χ0v) is 26.6. The Hall–Kier alpha value is -3.97. The van der Waals surface area contributed by atoms with E-state index in [0.29, 0.717) is 6.54 Å². The zero-order chi connectivity index (χ0) is 31.6. The third-order valence-corrected chi connectivity index (χ3v) is 8.34. The molecule has 3 aromatic carbocycles. The third kappa shape index (κ3) is 9.52. The second-order valence-electron chi connectivity index (χ2n) is 9.88. The molecule has 0 aromatic heterocycles. The van der Waals surface area contributed by atoms with Crippen molar-refractivity contribution in [1.82, 2.24) is 10.2 Å². The van der Waals surface area contributed by atoms with E-state index in [9.17, 15) is 28.1 Å². The van der Waals surface area contributed by atoms with E-state index in [1.165, 1.54) is 24.1 Å². The molecule has 1 atom stereocenters. The van der Waals surface area contributed by atoms with Crippen LogP contribution >= 0.6 is 15.9 Å². The van der Waals surface area contributed by atoms with Crippen LogP contribution in [0.2, 0.25) is 0 Å². The van der Waals surface area contributed by atoms with Crippen molar-refractivity contribution >= 4 is 49.1 Å². The van der Waals surface area contributed by atoms with Gasteiger partial charge in [-0.15, -0.1) is 0 Å². The Balaban J connectivity index is 2.10. The summed E-state index contributed by atoms with van der Waals surface area (Å²) < 4.78 is 33.0. The molecule has 0 saturated carbocycles. The maximum absolute atomic E-state index is 14.2. The Morgan fingerprint density at radius 3 is 2.30 bits per heavy atom. The standard InChI is InChI=1S/C30H35BrN4O7S/c1-4-5-17-32-30(37)27(18-22-9-7-6-8-10-22)33(20-23-11-13-24(31)14-12-23)29(36)21-34(43(3,40)41)26-19-25(35(38)39)15-16-28(26)42-2/h6-16,19,27H,4-5,17-18,20-21H2,1-3H3,(H,32,37)/t27-/m0/s1. The van der Waals surface area contributed by atoms with Gasteiger partial charge in [0.2, 0.25) is 21.8 Å². The first kappa shape index (κ1) is 33.5. The van der Waals surface area contributed by atoms with Crippen LogP contribution in [-0.2, 0) is 32.6 Å². The molecule has 0 radical (unpaired) electrons. The number of sulfonamides is 1. The summed E-state index contributed by atoms with van der Waals surface area (Å²) in [6.45, 7) is 1.70. The lowest BCUT2D eigenvalue weighted by Gasteiger charge is -2.33. The molecule has 11 nitrogen and oxygen atoms in total. The van der Waals surface area contributed by atoms with E-state index < -0.39 is 33.4 Å². The number of unbranched alkanes of at least 4 members (excludes halogenated alkanes) is 1. The van der Waals surface area contributed by atoms with Crippen molar-refractivity contribution in [3.63, 3.8) is 0 Å². The maximum Gasteiger partial charge on any atom is 0.271 e. The Bertz CT molecular complexity index is 1520. The van der Waals surface area contributed by atoms with Gasteiger partial charge in [-0.3, -0.25) is 24.0 Å². The van der Waals surface area contributed by atoms with E-state index >= 15 is 0 Å². The monoisotopic (exact) mass is 674 g/mol. The van der Waals surface area contributed by atoms with Gasteiger partial charge in [-0.05, 0) is 35.7 Å². The predicted molar refractivity (Wildman–Crippen MR) is 168 cm³/mol. The molecule has 43 heavy (non-hydrogen) atoms. The Kier molecular flexibility index (Phi) is 12.1. The maximum atomic E-state index is 14.2. The highest BCUT2D eigenvalue weighted by atomic mass is 79.9. The lowest BCUT2D eigenvalue weighted by atomic mass is 10.0. The Labute approximate surface area is 260 Å². The summed E-state index contributed by atoms with van der Waals surface area (Å²) in [6, 6.07) is 19.0. The minimum Gasteiger partial charge on any atom is -0.495 e. The van der Waals surface area contributed by atoms with Crippen LogP contribution < -0.4 is 14.4 Å². The van der Waals surface area contributed by atoms with Crippen molar-refractivity contribution in [2.24, 2.45) is 0 Å². The lowest BCUT2D eigenvalue weighted by Crippen LogP contribution is -2.53. The van der Waals surface area contributed by atoms with E-state index in [4.69, 9.17) is 4.74 Å². The summed E-state index contributed by atoms with van der Waals surface area (Å²) in [4.78, 5) is 40.0. The molecule has 0 aliphatic carbocycles. The first-order valence-electron chi connectivity index (χ1n) is 13.6. The summed E-state index contributed by atoms with van der Waals surface area (Å²) in [6.07, 6.45) is 2.69. The molecule has 1 N–H and O–H groups in total. The summed E-state index contributed by atoms with van der Waals surface area (Å²) in [5.74, 6) is -1.02. The Morgan fingerprint density at radius 2 is 1.72 bits per heavy atom. The van der Waals surface area contributed by atoms with Crippen molar-refractivity contribution in [3.8, 4) is 5.75 Å². The molecule has 3 aromatic rings. The average Bonchev–Trinajstić information content (AvgIpc) is 2.98. The summed E-state index contributed by atoms with van der Waals surface area (Å²) in [7, 11) is -2.85. The highest BCUT2D eigenvalue weighted by Gasteiger charge is 2.34. The van der Waals surface area contributed by atoms with Crippen molar-refractivity contribution in [3.05, 3.63) is 98.5 Å². The number of nitro benzene ring substituents is 1. The second kappa shape index (κ2) is 15.5. The number of non-ortho nitro benzene ring substituents is 1. The van der Waals surface area contributed by atoms with Crippen LogP contribution in [0.1, 0.15) is 30.9 Å². The number of ether oxygens (including phenoxy) is 1. The van der Waals surface area contributed by atoms with Crippen molar-refractivity contribution in [2.75, 3.05) is 30.8 Å². The number of hydrogen-bond donors (Lipinski definition) is 1. The van der Waals surface area contributed by atoms with Gasteiger partial charge in [-0.1, -0.05) is 71.7 Å². The van der Waals surface area contributed by atoms with Crippen LogP contribution in [0.4, 0.5) is 11.4 Å². The Morgan fingerprint density at radius 1 is 1.05 bits per heavy atom. The fraction of sp³-hybridized carbons (Fsp3) is 0.333. The highest BCUT2D eigenvalue weighted by Crippen LogP contribution is 2.34. The van der Waals surface area contributed by atoms with Gasteiger partial charge in [0.1, 0.15) is 24.0 Å². The highest BCUT2D eigenvalue weighted by molar-refractivity contribution is 9.10. The van der Waals surface area contributed by atoms with Gasteiger partial charge in [0, 0.05) is 36.1 Å². The number of nitrogens with one attached hydrogen (secondary N) is 1. The molecule has 0 aliphatic heterocycles. The van der Waals surface area contributed by atoms with Crippen molar-refractivity contribution in [1.29, 1.82) is 0 Å². The van der Waals surface area contributed by atoms with Crippen LogP contribution in [-0.4, -0.2) is 62.6 Å². The number of benzene rings is 3. The molecule has 0 heterocycles. The number of halogens is 1. The number of nitrogens with zero attached hydrogens (tertiary/aromatic N) is 3. The third-order valence-electron chi connectivity index (χ3n) is 6.69. The molecule has 0 spiro atoms. The molecule has 2 amide bonds. The topological polar surface area (TPSA) is 139 Å². The summed E-state index contributed by atoms with van der Waals surface area (Å²) in [5.41, 5.74) is 0.992. The van der Waals surface area contributed by atoms with Crippen LogP contribution in [0.25, 0.3) is 0 Å². The smallest absolute Gasteiger partial charge is 0.271 e. The van der Waals surface area contributed by atoms with Crippen LogP contribution in [0.3, 0.4) is 0 Å². The number of anilines is 1. The second-order valence-corrected chi connectivity index (χ2v) is 12.7. The lowest BCUT2D eigenvalue weighted by molar-refractivity contribution is -0.384. The van der Waals surface area contributed by atoms with Crippen molar-refractivity contribution in [2.45, 2.75) is 38.8 Å². The number of methoxy groups -OCH3 is 1. The zero-order valence-electron chi connectivity index (χ0n) is 24.2. The minimum atomic E-state index is -4.15. The van der Waals surface area contributed by atoms with Gasteiger partial charge >= 0.3 is 0 Å². The molecule has 0 fully saturated rings. The SMILES string of the molecule is CCCCNC(=O)[C@H](Cc1ccccc1)N(Cc1ccc(Br)cc1)C(=O)CN(c1cc([N+](=O)[O-])ccc1OC)S(C)(=O)=O. The molecular formula is C30H35BrN4O7S. The predicted octanol–water partition coefficient (Wildman–Crippen LogP) is 4.69. The normalized spacial score (nSPS) is 11.8. The van der Waals surface area contributed by atoms with Gasteiger partial charge in [-0.2, -0.15) is 0 Å². The first-order valence-corrected chi connectivity index (χ1v) is 16.2. The number of amides is 2. The van der Waals surface area contributed by atoms with E-state index in [0.717, 1.165) is 45.1 Å². The fourth-order valence-corrected chi connectivity index (χ4v) is 5.54. The summed E-state index contributed by atoms with van der Waals surface area (Å²) >= 11 is 3.40. The fourth-order valence-electron chi connectivity index (χ4n) is 4.43. The molecule has 230 valence electrons. The van der Waals surface area contributed by atoms with Gasteiger partial charge in [-0.25, -0.2) is 8.42 Å². The average molecular weight is 676 g/mol. The number of nitro groups is 1. The molecule has 0 aliphatic rings. The number of rotatable bonds is 15. The van der Waals surface area contributed by atoms with Crippen LogP contribution in [0.5, 0.6) is 5.75 Å².